The van der Waals surface area contributed by atoms with E-state index in [2.05, 4.69) is 17.0 Å². The van der Waals surface area contributed by atoms with Crippen molar-refractivity contribution >= 4 is 17.3 Å². The third-order valence-electron chi connectivity index (χ3n) is 4.42. The van der Waals surface area contributed by atoms with Crippen molar-refractivity contribution in [3.8, 4) is 0 Å². The molecule has 0 saturated carbocycles. The summed E-state index contributed by atoms with van der Waals surface area (Å²) in [6, 6.07) is 14.8. The normalized spacial score (nSPS) is 14.5. The van der Waals surface area contributed by atoms with Gasteiger partial charge in [0.15, 0.2) is 0 Å². The van der Waals surface area contributed by atoms with E-state index in [9.17, 15) is 14.9 Å². The zero-order chi connectivity index (χ0) is 17.1. The van der Waals surface area contributed by atoms with Crippen LogP contribution in [0.5, 0.6) is 0 Å². The second kappa shape index (κ2) is 6.70. The summed E-state index contributed by atoms with van der Waals surface area (Å²) < 4.78 is 0. The molecule has 0 aliphatic carbocycles. The first kappa shape index (κ1) is 16.0. The van der Waals surface area contributed by atoms with Crippen LogP contribution in [0.1, 0.15) is 15.9 Å². The third kappa shape index (κ3) is 3.08. The number of hydrogen-bond donors (Lipinski definition) is 0. The average molecular weight is 325 g/mol. The number of carbonyl (C=O) groups is 1. The van der Waals surface area contributed by atoms with E-state index in [4.69, 9.17) is 0 Å². The summed E-state index contributed by atoms with van der Waals surface area (Å²) in [7, 11) is 0. The van der Waals surface area contributed by atoms with Crippen molar-refractivity contribution in [1.82, 2.24) is 4.90 Å². The van der Waals surface area contributed by atoms with Gasteiger partial charge in [0, 0.05) is 49.1 Å². The molecule has 1 saturated heterocycles. The molecule has 1 fully saturated rings. The summed E-state index contributed by atoms with van der Waals surface area (Å²) in [6.07, 6.45) is 0. The zero-order valence-corrected chi connectivity index (χ0v) is 13.5. The number of nitrogens with zero attached hydrogens (tertiary/aromatic N) is 3. The molecule has 24 heavy (non-hydrogen) atoms. The fourth-order valence-corrected chi connectivity index (χ4v) is 3.03. The Hall–Kier alpha value is -2.89. The Morgan fingerprint density at radius 3 is 2.29 bits per heavy atom. The number of nitro benzene ring substituents is 1. The van der Waals surface area contributed by atoms with Crippen molar-refractivity contribution in [2.75, 3.05) is 31.1 Å². The number of amides is 1. The van der Waals surface area contributed by atoms with Crippen LogP contribution in [0.25, 0.3) is 0 Å². The second-order valence-electron chi connectivity index (χ2n) is 5.82. The predicted octanol–water partition coefficient (Wildman–Crippen LogP) is 2.87. The molecule has 1 aliphatic heterocycles. The number of para-hydroxylation sites is 1. The number of carbonyl (C=O) groups excluding carboxylic acids is 1. The third-order valence-corrected chi connectivity index (χ3v) is 4.42. The van der Waals surface area contributed by atoms with E-state index in [0.29, 0.717) is 24.2 Å². The van der Waals surface area contributed by atoms with Crippen molar-refractivity contribution in [3.05, 3.63) is 69.8 Å². The molecule has 3 rings (SSSR count). The fraction of sp³-hybridized carbons (Fsp3) is 0.278. The lowest BCUT2D eigenvalue weighted by molar-refractivity contribution is -0.385. The molecular weight excluding hydrogens is 306 g/mol. The first-order valence-electron chi connectivity index (χ1n) is 7.91. The van der Waals surface area contributed by atoms with Crippen LogP contribution in [0.3, 0.4) is 0 Å². The van der Waals surface area contributed by atoms with Gasteiger partial charge in [0.2, 0.25) is 0 Å². The van der Waals surface area contributed by atoms with Gasteiger partial charge in [-0.2, -0.15) is 0 Å². The number of hydrogen-bond acceptors (Lipinski definition) is 4. The Morgan fingerprint density at radius 1 is 1.00 bits per heavy atom. The monoisotopic (exact) mass is 325 g/mol. The minimum absolute atomic E-state index is 0.0104. The molecule has 0 atom stereocenters. The Morgan fingerprint density at radius 2 is 1.67 bits per heavy atom. The maximum atomic E-state index is 12.7. The maximum absolute atomic E-state index is 12.7. The fourth-order valence-electron chi connectivity index (χ4n) is 3.03. The van der Waals surface area contributed by atoms with Gasteiger partial charge in [-0.25, -0.2) is 0 Å². The highest BCUT2D eigenvalue weighted by Gasteiger charge is 2.25. The van der Waals surface area contributed by atoms with Gasteiger partial charge in [0.25, 0.3) is 11.6 Å². The zero-order valence-electron chi connectivity index (χ0n) is 13.5. The molecule has 2 aromatic carbocycles. The molecule has 1 heterocycles. The first-order valence-corrected chi connectivity index (χ1v) is 7.91. The number of nitro groups is 1. The first-order chi connectivity index (χ1) is 11.6. The highest BCUT2D eigenvalue weighted by molar-refractivity contribution is 5.96. The largest absolute Gasteiger partial charge is 0.368 e. The molecule has 0 unspecified atom stereocenters. The van der Waals surface area contributed by atoms with Crippen molar-refractivity contribution in [2.45, 2.75) is 6.92 Å². The van der Waals surface area contributed by atoms with Crippen LogP contribution in [0.4, 0.5) is 11.4 Å². The standard InChI is InChI=1S/C18H19N3O3/c1-14-16(8-5-9-17(14)21(23)24)18(22)20-12-10-19(11-13-20)15-6-3-2-4-7-15/h2-9H,10-13H2,1H3. The van der Waals surface area contributed by atoms with E-state index >= 15 is 0 Å². The Kier molecular flexibility index (Phi) is 4.46. The lowest BCUT2D eigenvalue weighted by Gasteiger charge is -2.36. The van der Waals surface area contributed by atoms with E-state index in [1.807, 2.05) is 18.2 Å². The molecule has 0 radical (unpaired) electrons. The Bertz CT molecular complexity index is 753. The molecule has 0 N–H and O–H groups in total. The van der Waals surface area contributed by atoms with Gasteiger partial charge in [-0.15, -0.1) is 0 Å². The molecule has 1 amide bonds. The molecule has 6 heteroatoms. The van der Waals surface area contributed by atoms with Gasteiger partial charge < -0.3 is 9.80 Å². The Labute approximate surface area is 140 Å². The molecular formula is C18H19N3O3. The van der Waals surface area contributed by atoms with Crippen LogP contribution in [-0.2, 0) is 0 Å². The lowest BCUT2D eigenvalue weighted by atomic mass is 10.1. The molecule has 0 spiro atoms. The number of piperazine rings is 1. The summed E-state index contributed by atoms with van der Waals surface area (Å²) in [5, 5.41) is 11.0. The summed E-state index contributed by atoms with van der Waals surface area (Å²) >= 11 is 0. The predicted molar refractivity (Wildman–Crippen MR) is 92.4 cm³/mol. The van der Waals surface area contributed by atoms with Gasteiger partial charge in [0.05, 0.1) is 4.92 Å². The maximum Gasteiger partial charge on any atom is 0.273 e. The topological polar surface area (TPSA) is 66.7 Å². The van der Waals surface area contributed by atoms with Gasteiger partial charge in [-0.1, -0.05) is 24.3 Å². The van der Waals surface area contributed by atoms with Crippen LogP contribution in [0.15, 0.2) is 48.5 Å². The molecule has 0 bridgehead atoms. The van der Waals surface area contributed by atoms with Crippen LogP contribution in [0.2, 0.25) is 0 Å². The highest BCUT2D eigenvalue weighted by atomic mass is 16.6. The number of rotatable bonds is 3. The van der Waals surface area contributed by atoms with Crippen molar-refractivity contribution in [1.29, 1.82) is 0 Å². The van der Waals surface area contributed by atoms with Gasteiger partial charge >= 0.3 is 0 Å². The summed E-state index contributed by atoms with van der Waals surface area (Å²) in [6.45, 7) is 4.35. The van der Waals surface area contributed by atoms with Crippen LogP contribution >= 0.6 is 0 Å². The molecule has 124 valence electrons. The van der Waals surface area contributed by atoms with Gasteiger partial charge in [-0.3, -0.25) is 14.9 Å². The molecule has 1 aliphatic rings. The summed E-state index contributed by atoms with van der Waals surface area (Å²) in [5.41, 5.74) is 1.98. The van der Waals surface area contributed by atoms with Crippen LogP contribution in [0, 0.1) is 17.0 Å². The second-order valence-corrected chi connectivity index (χ2v) is 5.82. The molecule has 2 aromatic rings. The van der Waals surface area contributed by atoms with Crippen LogP contribution in [-0.4, -0.2) is 41.9 Å². The van der Waals surface area contributed by atoms with E-state index in [1.165, 1.54) is 6.07 Å². The van der Waals surface area contributed by atoms with E-state index < -0.39 is 4.92 Å². The van der Waals surface area contributed by atoms with Crippen molar-refractivity contribution < 1.29 is 9.72 Å². The Balaban J connectivity index is 1.72. The van der Waals surface area contributed by atoms with E-state index in [1.54, 1.807) is 24.0 Å². The summed E-state index contributed by atoms with van der Waals surface area (Å²) in [5.74, 6) is -0.135. The van der Waals surface area contributed by atoms with Crippen molar-refractivity contribution in [3.63, 3.8) is 0 Å². The highest BCUT2D eigenvalue weighted by Crippen LogP contribution is 2.23. The minimum atomic E-state index is -0.445. The number of anilines is 1. The van der Waals surface area contributed by atoms with Gasteiger partial charge in [-0.05, 0) is 25.1 Å². The minimum Gasteiger partial charge on any atom is -0.368 e. The average Bonchev–Trinajstić information content (AvgIpc) is 2.62. The molecule has 6 nitrogen and oxygen atoms in total. The lowest BCUT2D eigenvalue weighted by Crippen LogP contribution is -2.48. The SMILES string of the molecule is Cc1c(C(=O)N2CCN(c3ccccc3)CC2)cccc1[N+](=O)[O-]. The smallest absolute Gasteiger partial charge is 0.273 e. The van der Waals surface area contributed by atoms with E-state index in [-0.39, 0.29) is 11.6 Å². The van der Waals surface area contributed by atoms with Crippen molar-refractivity contribution in [2.24, 2.45) is 0 Å². The summed E-state index contributed by atoms with van der Waals surface area (Å²) in [4.78, 5) is 27.3. The quantitative estimate of drug-likeness (QED) is 0.643. The molecule has 0 aromatic heterocycles. The van der Waals surface area contributed by atoms with Gasteiger partial charge in [0.1, 0.15) is 0 Å². The van der Waals surface area contributed by atoms with Crippen LogP contribution < -0.4 is 4.90 Å². The van der Waals surface area contributed by atoms with E-state index in [0.717, 1.165) is 18.8 Å². The number of benzene rings is 2.